The zero-order valence-electron chi connectivity index (χ0n) is 6.38. The predicted octanol–water partition coefficient (Wildman–Crippen LogP) is -0.0226. The standard InChI is InChI=1S/C6H11N4.Sc/c1-9-2-3-10(5-7)6(8)4-9;/h5,7-8H,1-4H2;/q-1;. The van der Waals surface area contributed by atoms with E-state index in [9.17, 15) is 0 Å². The molecule has 1 aliphatic heterocycles. The SMILES string of the molecule is [CH2-]N1CCN(C=N)C(=N)C1.[Sc]. The minimum Gasteiger partial charge on any atom is -0.452 e. The van der Waals surface area contributed by atoms with E-state index in [2.05, 4.69) is 7.05 Å². The van der Waals surface area contributed by atoms with E-state index in [1.807, 2.05) is 4.90 Å². The molecule has 11 heavy (non-hydrogen) atoms. The Morgan fingerprint density at radius 3 is 2.55 bits per heavy atom. The maximum atomic E-state index is 7.37. The molecule has 0 bridgehead atoms. The first kappa shape index (κ1) is 11.0. The molecule has 1 fully saturated rings. The van der Waals surface area contributed by atoms with Gasteiger partial charge in [-0.25, -0.2) is 0 Å². The largest absolute Gasteiger partial charge is 0.452 e. The van der Waals surface area contributed by atoms with Gasteiger partial charge in [-0.05, 0) is 6.54 Å². The Labute approximate surface area is 85.4 Å². The van der Waals surface area contributed by atoms with Crippen molar-refractivity contribution >= 4 is 12.2 Å². The average Bonchev–Trinajstić information content (AvgIpc) is 1.88. The van der Waals surface area contributed by atoms with Crippen LogP contribution in [0.1, 0.15) is 0 Å². The Morgan fingerprint density at radius 1 is 1.45 bits per heavy atom. The van der Waals surface area contributed by atoms with Crippen LogP contribution in [0.3, 0.4) is 0 Å². The second-order valence-electron chi connectivity index (χ2n) is 2.32. The van der Waals surface area contributed by atoms with Gasteiger partial charge < -0.3 is 9.80 Å². The van der Waals surface area contributed by atoms with Crippen molar-refractivity contribution in [3.05, 3.63) is 7.05 Å². The Bertz CT molecular complexity index is 159. The second-order valence-corrected chi connectivity index (χ2v) is 2.32. The number of nitrogens with zero attached hydrogens (tertiary/aromatic N) is 2. The maximum absolute atomic E-state index is 7.37. The van der Waals surface area contributed by atoms with Crippen molar-refractivity contribution in [2.24, 2.45) is 0 Å². The first-order chi connectivity index (χ1) is 4.74. The molecule has 59 valence electrons. The molecule has 2 N–H and O–H groups in total. The summed E-state index contributed by atoms with van der Waals surface area (Å²) in [5.74, 6) is 0.455. The molecular formula is C6H11N4Sc-. The number of piperazine rings is 1. The van der Waals surface area contributed by atoms with E-state index < -0.39 is 0 Å². The summed E-state index contributed by atoms with van der Waals surface area (Å²) in [6.07, 6.45) is 1.19. The van der Waals surface area contributed by atoms with Gasteiger partial charge in [-0.3, -0.25) is 17.9 Å². The zero-order valence-corrected chi connectivity index (χ0v) is 8.18. The molecule has 0 aromatic rings. The van der Waals surface area contributed by atoms with Gasteiger partial charge in [-0.2, -0.15) is 0 Å². The topological polar surface area (TPSA) is 54.2 Å². The summed E-state index contributed by atoms with van der Waals surface area (Å²) in [7, 11) is 3.71. The van der Waals surface area contributed by atoms with Crippen LogP contribution in [0.25, 0.3) is 0 Å². The van der Waals surface area contributed by atoms with E-state index in [0.29, 0.717) is 18.9 Å². The van der Waals surface area contributed by atoms with Gasteiger partial charge in [-0.15, -0.1) is 0 Å². The van der Waals surface area contributed by atoms with Crippen molar-refractivity contribution in [2.45, 2.75) is 0 Å². The van der Waals surface area contributed by atoms with Crippen molar-refractivity contribution in [1.82, 2.24) is 9.80 Å². The molecule has 0 spiro atoms. The quantitative estimate of drug-likeness (QED) is 0.342. The van der Waals surface area contributed by atoms with Gasteiger partial charge >= 0.3 is 0 Å². The molecule has 5 heteroatoms. The summed E-state index contributed by atoms with van der Waals surface area (Å²) >= 11 is 0. The summed E-state index contributed by atoms with van der Waals surface area (Å²) in [6, 6.07) is 0. The summed E-state index contributed by atoms with van der Waals surface area (Å²) in [5.41, 5.74) is 0. The first-order valence-corrected chi connectivity index (χ1v) is 3.14. The minimum absolute atomic E-state index is 0. The number of nitrogens with one attached hydrogen (secondary N) is 2. The van der Waals surface area contributed by atoms with Crippen molar-refractivity contribution in [2.75, 3.05) is 19.6 Å². The summed E-state index contributed by atoms with van der Waals surface area (Å²) < 4.78 is 0. The van der Waals surface area contributed by atoms with Crippen LogP contribution in [0.15, 0.2) is 0 Å². The molecule has 4 nitrogen and oxygen atoms in total. The zero-order chi connectivity index (χ0) is 7.56. The minimum atomic E-state index is 0. The molecule has 0 aliphatic carbocycles. The fraction of sp³-hybridized carbons (Fsp3) is 0.500. The van der Waals surface area contributed by atoms with Gasteiger partial charge in [0.15, 0.2) is 0 Å². The van der Waals surface area contributed by atoms with Gasteiger partial charge in [0.25, 0.3) is 0 Å². The van der Waals surface area contributed by atoms with Crippen LogP contribution in [0.2, 0.25) is 0 Å². The molecule has 1 aliphatic rings. The van der Waals surface area contributed by atoms with Crippen molar-refractivity contribution in [3.8, 4) is 0 Å². The third kappa shape index (κ3) is 2.83. The molecule has 1 heterocycles. The van der Waals surface area contributed by atoms with Crippen LogP contribution >= 0.6 is 0 Å². The van der Waals surface area contributed by atoms with Gasteiger partial charge in [0.1, 0.15) is 5.84 Å². The molecule has 1 rings (SSSR count). The molecule has 0 aromatic heterocycles. The van der Waals surface area contributed by atoms with Crippen LogP contribution in [0, 0.1) is 17.9 Å². The van der Waals surface area contributed by atoms with Crippen molar-refractivity contribution in [1.29, 1.82) is 10.8 Å². The second kappa shape index (κ2) is 4.77. The number of rotatable bonds is 1. The van der Waals surface area contributed by atoms with Gasteiger partial charge in [0.05, 0.1) is 6.34 Å². The Hall–Kier alpha value is -0.0299. The van der Waals surface area contributed by atoms with E-state index in [1.54, 1.807) is 4.90 Å². The third-order valence-corrected chi connectivity index (χ3v) is 1.53. The predicted molar refractivity (Wildman–Crippen MR) is 40.1 cm³/mol. The smallest absolute Gasteiger partial charge is 0.113 e. The van der Waals surface area contributed by atoms with Crippen molar-refractivity contribution in [3.63, 3.8) is 0 Å². The Balaban J connectivity index is 0.000001000. The summed E-state index contributed by atoms with van der Waals surface area (Å²) in [5, 5.41) is 14.3. The molecule has 0 atom stereocenters. The van der Waals surface area contributed by atoms with E-state index in [1.165, 1.54) is 6.34 Å². The van der Waals surface area contributed by atoms with Crippen LogP contribution in [-0.2, 0) is 25.8 Å². The van der Waals surface area contributed by atoms with Crippen LogP contribution in [-0.4, -0.2) is 41.6 Å². The van der Waals surface area contributed by atoms with E-state index in [4.69, 9.17) is 10.8 Å². The van der Waals surface area contributed by atoms with Gasteiger partial charge in [0, 0.05) is 38.9 Å². The first-order valence-electron chi connectivity index (χ1n) is 3.14. The van der Waals surface area contributed by atoms with Crippen LogP contribution < -0.4 is 0 Å². The fourth-order valence-corrected chi connectivity index (χ4v) is 0.908. The van der Waals surface area contributed by atoms with Gasteiger partial charge in [-0.1, -0.05) is 0 Å². The number of hydrogen-bond acceptors (Lipinski definition) is 3. The van der Waals surface area contributed by atoms with E-state index in [0.717, 1.165) is 6.54 Å². The van der Waals surface area contributed by atoms with Crippen molar-refractivity contribution < 1.29 is 25.8 Å². The van der Waals surface area contributed by atoms with Crippen LogP contribution in [0.5, 0.6) is 0 Å². The third-order valence-electron chi connectivity index (χ3n) is 1.53. The molecule has 1 saturated heterocycles. The molecule has 1 radical (unpaired) electrons. The fourth-order valence-electron chi connectivity index (χ4n) is 0.908. The molecule has 0 unspecified atom stereocenters. The maximum Gasteiger partial charge on any atom is 0.113 e. The summed E-state index contributed by atoms with van der Waals surface area (Å²) in [4.78, 5) is 3.43. The molecular weight excluding hydrogens is 173 g/mol. The molecule has 0 saturated carbocycles. The Kier molecular flexibility index (Phi) is 4.76. The average molecular weight is 184 g/mol. The number of hydrogen-bond donors (Lipinski definition) is 2. The van der Waals surface area contributed by atoms with Crippen LogP contribution in [0.4, 0.5) is 0 Å². The van der Waals surface area contributed by atoms with Gasteiger partial charge in [0.2, 0.25) is 0 Å². The normalized spacial score (nSPS) is 19.4. The molecule has 0 amide bonds. The van der Waals surface area contributed by atoms with E-state index in [-0.39, 0.29) is 25.8 Å². The Morgan fingerprint density at radius 2 is 2.09 bits per heavy atom. The monoisotopic (exact) mass is 184 g/mol. The van der Waals surface area contributed by atoms with E-state index >= 15 is 0 Å². The summed E-state index contributed by atoms with van der Waals surface area (Å²) in [6.45, 7) is 2.10. The molecule has 0 aromatic carbocycles. The number of amidine groups is 1.